The quantitative estimate of drug-likeness (QED) is 0.356. The second-order valence-electron chi connectivity index (χ2n) is 3.33. The Morgan fingerprint density at radius 2 is 2.12 bits per heavy atom. The van der Waals surface area contributed by atoms with Crippen molar-refractivity contribution < 1.29 is 44.6 Å². The Morgan fingerprint density at radius 1 is 1.47 bits per heavy atom. The summed E-state index contributed by atoms with van der Waals surface area (Å²) in [6, 6.07) is 0. The van der Waals surface area contributed by atoms with Crippen LogP contribution in [-0.4, -0.2) is 21.0 Å². The Morgan fingerprint density at radius 3 is 2.65 bits per heavy atom. The van der Waals surface area contributed by atoms with Crippen molar-refractivity contribution in [3.63, 3.8) is 0 Å². The third-order valence-electron chi connectivity index (χ3n) is 2.07. The maximum Gasteiger partial charge on any atom is 1.00 e. The van der Waals surface area contributed by atoms with Gasteiger partial charge in [-0.1, -0.05) is 0 Å². The van der Waals surface area contributed by atoms with Gasteiger partial charge >= 0.3 is 29.6 Å². The van der Waals surface area contributed by atoms with Gasteiger partial charge in [-0.25, -0.2) is 0 Å². The van der Waals surface area contributed by atoms with Crippen molar-refractivity contribution in [1.29, 1.82) is 0 Å². The summed E-state index contributed by atoms with van der Waals surface area (Å²) >= 11 is 0. The van der Waals surface area contributed by atoms with E-state index < -0.39 is 17.4 Å². The number of carboxylic acid groups (broad SMARTS) is 1. The molecule has 1 rings (SSSR count). The molecule has 0 aliphatic heterocycles. The van der Waals surface area contributed by atoms with E-state index >= 15 is 0 Å². The molecule has 0 spiro atoms. The maximum atomic E-state index is 11.3. The fourth-order valence-corrected chi connectivity index (χ4v) is 1.30. The van der Waals surface area contributed by atoms with E-state index in [0.717, 1.165) is 0 Å². The first-order chi connectivity index (χ1) is 7.50. The zero-order valence-electron chi connectivity index (χ0n) is 9.52. The summed E-state index contributed by atoms with van der Waals surface area (Å²) in [7, 11) is 0. The number of aliphatic carboxylic acids is 1. The Hall–Kier alpha value is -1.05. The van der Waals surface area contributed by atoms with Crippen molar-refractivity contribution in [3.05, 3.63) is 15.9 Å². The van der Waals surface area contributed by atoms with Gasteiger partial charge < -0.3 is 20.7 Å². The minimum absolute atomic E-state index is 0. The molecular formula is C9H12N3NaO4. The van der Waals surface area contributed by atoms with Crippen LogP contribution in [0.15, 0.2) is 4.79 Å². The average molecular weight is 249 g/mol. The molecule has 0 fully saturated rings. The molecule has 0 aliphatic rings. The Bertz CT molecular complexity index is 446. The second kappa shape index (κ2) is 7.31. The number of nitrogen functional groups attached to an aromatic ring is 1. The number of carbonyl (C=O) groups is 1. The van der Waals surface area contributed by atoms with E-state index in [4.69, 9.17) is 5.73 Å². The summed E-state index contributed by atoms with van der Waals surface area (Å²) in [5, 5.41) is 19.5. The fourth-order valence-electron chi connectivity index (χ4n) is 1.30. The number of rotatable bonds is 5. The minimum Gasteiger partial charge on any atom is -0.550 e. The van der Waals surface area contributed by atoms with Crippen LogP contribution in [0.4, 0.5) is 5.95 Å². The van der Waals surface area contributed by atoms with Crippen LogP contribution >= 0.6 is 0 Å². The van der Waals surface area contributed by atoms with Crippen LogP contribution in [0.2, 0.25) is 0 Å². The van der Waals surface area contributed by atoms with Crippen LogP contribution in [0, 0.1) is 0 Å². The van der Waals surface area contributed by atoms with Crippen molar-refractivity contribution in [2.45, 2.75) is 25.7 Å². The summed E-state index contributed by atoms with van der Waals surface area (Å²) < 4.78 is 0. The molecule has 0 amide bonds. The molecule has 0 radical (unpaired) electrons. The van der Waals surface area contributed by atoms with Gasteiger partial charge in [0.05, 0.1) is 5.56 Å². The van der Waals surface area contributed by atoms with E-state index in [9.17, 15) is 19.8 Å². The van der Waals surface area contributed by atoms with E-state index in [1.165, 1.54) is 0 Å². The molecule has 0 saturated carbocycles. The second-order valence-corrected chi connectivity index (χ2v) is 3.33. The van der Waals surface area contributed by atoms with Crippen molar-refractivity contribution in [1.82, 2.24) is 9.97 Å². The topological polar surface area (TPSA) is 132 Å². The maximum absolute atomic E-state index is 11.3. The van der Waals surface area contributed by atoms with Crippen LogP contribution in [-0.2, 0) is 11.2 Å². The first-order valence-corrected chi connectivity index (χ1v) is 4.78. The van der Waals surface area contributed by atoms with Gasteiger partial charge in [0.15, 0.2) is 0 Å². The number of unbranched alkanes of at least 4 members (excludes halogenated alkanes) is 1. The molecule has 0 unspecified atom stereocenters. The molecule has 1 aromatic heterocycles. The van der Waals surface area contributed by atoms with Crippen LogP contribution in [0.25, 0.3) is 0 Å². The number of carboxylic acids is 1. The Balaban J connectivity index is 0.00000256. The molecule has 17 heavy (non-hydrogen) atoms. The zero-order chi connectivity index (χ0) is 12.1. The number of H-pyrrole nitrogens is 1. The SMILES string of the molecule is Nc1nc(O)c(CCCCC(=O)[O-])c(=O)[nH]1.[Na+]. The van der Waals surface area contributed by atoms with Gasteiger partial charge in [-0.05, 0) is 25.7 Å². The molecule has 0 atom stereocenters. The zero-order valence-corrected chi connectivity index (χ0v) is 11.5. The number of aromatic nitrogens is 2. The third kappa shape index (κ3) is 5.20. The van der Waals surface area contributed by atoms with E-state index in [2.05, 4.69) is 9.97 Å². The molecule has 1 aromatic rings. The molecule has 1 heterocycles. The van der Waals surface area contributed by atoms with Crippen molar-refractivity contribution in [3.8, 4) is 5.88 Å². The molecule has 8 heteroatoms. The number of nitrogens with one attached hydrogen (secondary N) is 1. The van der Waals surface area contributed by atoms with Crippen molar-refractivity contribution >= 4 is 11.9 Å². The minimum atomic E-state index is -1.13. The van der Waals surface area contributed by atoms with Gasteiger partial charge in [-0.3, -0.25) is 9.78 Å². The monoisotopic (exact) mass is 249 g/mol. The molecule has 88 valence electrons. The number of aromatic hydroxyl groups is 1. The van der Waals surface area contributed by atoms with Gasteiger partial charge in [-0.2, -0.15) is 4.98 Å². The molecular weight excluding hydrogens is 237 g/mol. The van der Waals surface area contributed by atoms with Gasteiger partial charge in [-0.15, -0.1) is 0 Å². The average Bonchev–Trinajstić information content (AvgIpc) is 2.14. The molecule has 7 nitrogen and oxygen atoms in total. The van der Waals surface area contributed by atoms with Gasteiger partial charge in [0.25, 0.3) is 5.56 Å². The normalized spacial score (nSPS) is 9.65. The Kier molecular flexibility index (Phi) is 6.86. The van der Waals surface area contributed by atoms with E-state index in [-0.39, 0.29) is 53.9 Å². The number of anilines is 1. The van der Waals surface area contributed by atoms with Crippen molar-refractivity contribution in [2.75, 3.05) is 5.73 Å². The van der Waals surface area contributed by atoms with Crippen LogP contribution in [0.3, 0.4) is 0 Å². The first-order valence-electron chi connectivity index (χ1n) is 4.78. The van der Waals surface area contributed by atoms with Crippen molar-refractivity contribution in [2.24, 2.45) is 0 Å². The predicted octanol–water partition coefficient (Wildman–Crippen LogP) is -4.48. The van der Waals surface area contributed by atoms with E-state index in [0.29, 0.717) is 12.8 Å². The summed E-state index contributed by atoms with van der Waals surface area (Å²) in [5.41, 5.74) is 4.83. The number of hydrogen-bond donors (Lipinski definition) is 3. The third-order valence-corrected chi connectivity index (χ3v) is 2.07. The molecule has 0 bridgehead atoms. The van der Waals surface area contributed by atoms with E-state index in [1.54, 1.807) is 0 Å². The van der Waals surface area contributed by atoms with E-state index in [1.807, 2.05) is 0 Å². The molecule has 0 saturated heterocycles. The Labute approximate surface area is 119 Å². The standard InChI is InChI=1S/C9H13N3O4.Na/c10-9-11-7(15)5(8(16)12-9)3-1-2-4-6(13)14;/h1-4H2,(H,13,14)(H4,10,11,12,15,16);/q;+1/p-1. The van der Waals surface area contributed by atoms with Gasteiger partial charge in [0.1, 0.15) is 0 Å². The van der Waals surface area contributed by atoms with Crippen LogP contribution in [0.1, 0.15) is 24.8 Å². The largest absolute Gasteiger partial charge is 1.00 e. The summed E-state index contributed by atoms with van der Waals surface area (Å²) in [4.78, 5) is 27.2. The number of nitrogens with zero attached hydrogens (tertiary/aromatic N) is 1. The molecule has 0 aliphatic carbocycles. The van der Waals surface area contributed by atoms with Crippen LogP contribution < -0.4 is 46.0 Å². The molecule has 4 N–H and O–H groups in total. The van der Waals surface area contributed by atoms with Gasteiger partial charge in [0.2, 0.25) is 11.8 Å². The number of aromatic amines is 1. The summed E-state index contributed by atoms with van der Waals surface area (Å²) in [5.74, 6) is -1.69. The summed E-state index contributed by atoms with van der Waals surface area (Å²) in [6.45, 7) is 0. The van der Waals surface area contributed by atoms with Crippen LogP contribution in [0.5, 0.6) is 5.88 Å². The molecule has 0 aromatic carbocycles. The number of nitrogens with two attached hydrogens (primary N) is 1. The fraction of sp³-hybridized carbons (Fsp3) is 0.444. The first kappa shape index (κ1) is 16.0. The smallest absolute Gasteiger partial charge is 0.550 e. The van der Waals surface area contributed by atoms with Gasteiger partial charge in [0, 0.05) is 5.97 Å². The summed E-state index contributed by atoms with van der Waals surface area (Å²) in [6.07, 6.45) is 1.02. The number of carbonyl (C=O) groups excluding carboxylic acids is 1. The number of hydrogen-bond acceptors (Lipinski definition) is 6. The predicted molar refractivity (Wildman–Crippen MR) is 53.5 cm³/mol.